The predicted octanol–water partition coefficient (Wildman–Crippen LogP) is 0.979. The highest BCUT2D eigenvalue weighted by atomic mass is 35.5. The first-order valence-corrected chi connectivity index (χ1v) is 6.21. The number of benzene rings is 1. The van der Waals surface area contributed by atoms with E-state index in [-0.39, 0.29) is 6.61 Å². The molecule has 0 radical (unpaired) electrons. The van der Waals surface area contributed by atoms with E-state index in [1.807, 2.05) is 0 Å². The molecule has 0 aromatic heterocycles. The number of carbonyl (C=O) groups is 2. The monoisotopic (exact) mass is 301 g/mol. The van der Waals surface area contributed by atoms with Gasteiger partial charge >= 0.3 is 5.97 Å². The Morgan fingerprint density at radius 1 is 1.45 bits per heavy atom. The summed E-state index contributed by atoms with van der Waals surface area (Å²) in [5, 5.41) is 21.0. The van der Waals surface area contributed by atoms with Crippen molar-refractivity contribution in [1.82, 2.24) is 5.32 Å². The Labute approximate surface area is 121 Å². The fourth-order valence-corrected chi connectivity index (χ4v) is 1.54. The number of carbonyl (C=O) groups excluding carboxylic acids is 1. The van der Waals surface area contributed by atoms with Crippen molar-refractivity contribution in [3.8, 4) is 5.75 Å². The van der Waals surface area contributed by atoms with Gasteiger partial charge in [0.25, 0.3) is 5.91 Å². The smallest absolute Gasteiger partial charge is 0.337 e. The van der Waals surface area contributed by atoms with Crippen molar-refractivity contribution < 1.29 is 24.5 Å². The van der Waals surface area contributed by atoms with Crippen molar-refractivity contribution in [3.63, 3.8) is 0 Å². The lowest BCUT2D eigenvalue weighted by Crippen LogP contribution is -2.47. The zero-order chi connectivity index (χ0) is 15.3. The van der Waals surface area contributed by atoms with Crippen LogP contribution in [0.1, 0.15) is 12.5 Å². The number of rotatable bonds is 6. The van der Waals surface area contributed by atoms with Gasteiger partial charge in [-0.2, -0.15) is 0 Å². The molecule has 6 nitrogen and oxygen atoms in total. The van der Waals surface area contributed by atoms with Gasteiger partial charge in [-0.25, -0.2) is 4.79 Å². The Hall–Kier alpha value is -1.79. The van der Waals surface area contributed by atoms with Gasteiger partial charge in [-0.15, -0.1) is 0 Å². The molecule has 1 unspecified atom stereocenters. The zero-order valence-corrected chi connectivity index (χ0v) is 11.9. The van der Waals surface area contributed by atoms with Crippen molar-refractivity contribution in [2.45, 2.75) is 19.4 Å². The van der Waals surface area contributed by atoms with Gasteiger partial charge in [0.2, 0.25) is 0 Å². The standard InChI is InChI=1S/C13H16ClNO5/c1-8-5-9(14)3-4-10(8)20-6-11(16)15-7-13(2,19)12(17)18/h3-5,19H,6-7H2,1-2H3,(H,15,16)(H,17,18). The topological polar surface area (TPSA) is 95.9 Å². The first kappa shape index (κ1) is 16.3. The third kappa shape index (κ3) is 4.71. The molecule has 0 aliphatic rings. The summed E-state index contributed by atoms with van der Waals surface area (Å²) < 4.78 is 5.28. The SMILES string of the molecule is Cc1cc(Cl)ccc1OCC(=O)NCC(C)(O)C(=O)O. The van der Waals surface area contributed by atoms with Crippen LogP contribution in [0.2, 0.25) is 5.02 Å². The summed E-state index contributed by atoms with van der Waals surface area (Å²) >= 11 is 5.79. The van der Waals surface area contributed by atoms with E-state index in [0.717, 1.165) is 12.5 Å². The first-order valence-electron chi connectivity index (χ1n) is 5.84. The molecule has 1 atom stereocenters. The molecule has 110 valence electrons. The van der Waals surface area contributed by atoms with Crippen molar-refractivity contribution in [1.29, 1.82) is 0 Å². The number of carboxylic acid groups (broad SMARTS) is 1. The van der Waals surface area contributed by atoms with Crippen molar-refractivity contribution in [2.24, 2.45) is 0 Å². The van der Waals surface area contributed by atoms with Gasteiger partial charge < -0.3 is 20.3 Å². The molecule has 0 aliphatic heterocycles. The Kier molecular flexibility index (Phi) is 5.35. The maximum absolute atomic E-state index is 11.5. The summed E-state index contributed by atoms with van der Waals surface area (Å²) in [4.78, 5) is 22.1. The molecule has 0 aliphatic carbocycles. The molecule has 1 aromatic carbocycles. The maximum atomic E-state index is 11.5. The van der Waals surface area contributed by atoms with Crippen molar-refractivity contribution >= 4 is 23.5 Å². The minimum atomic E-state index is -2.01. The first-order chi connectivity index (χ1) is 9.22. The van der Waals surface area contributed by atoms with Crippen LogP contribution in [0.4, 0.5) is 0 Å². The van der Waals surface area contributed by atoms with Crippen LogP contribution in [-0.4, -0.2) is 40.8 Å². The van der Waals surface area contributed by atoms with E-state index in [1.54, 1.807) is 25.1 Å². The Morgan fingerprint density at radius 2 is 2.10 bits per heavy atom. The highest BCUT2D eigenvalue weighted by molar-refractivity contribution is 6.30. The molecule has 0 fully saturated rings. The molecule has 1 aromatic rings. The van der Waals surface area contributed by atoms with Crippen LogP contribution in [0, 0.1) is 6.92 Å². The van der Waals surface area contributed by atoms with Crippen LogP contribution < -0.4 is 10.1 Å². The number of carboxylic acids is 1. The molecule has 0 saturated carbocycles. The summed E-state index contributed by atoms with van der Waals surface area (Å²) in [6.07, 6.45) is 0. The fourth-order valence-electron chi connectivity index (χ4n) is 1.32. The summed E-state index contributed by atoms with van der Waals surface area (Å²) in [6, 6.07) is 4.97. The molecule has 1 rings (SSSR count). The fraction of sp³-hybridized carbons (Fsp3) is 0.385. The molecule has 0 spiro atoms. The highest BCUT2D eigenvalue weighted by Crippen LogP contribution is 2.21. The summed E-state index contributed by atoms with van der Waals surface area (Å²) in [7, 11) is 0. The lowest BCUT2D eigenvalue weighted by atomic mass is 10.1. The molecular weight excluding hydrogens is 286 g/mol. The Morgan fingerprint density at radius 3 is 2.65 bits per heavy atom. The minimum absolute atomic E-state index is 0.280. The van der Waals surface area contributed by atoms with Crippen molar-refractivity contribution in [3.05, 3.63) is 28.8 Å². The molecule has 20 heavy (non-hydrogen) atoms. The number of nitrogens with one attached hydrogen (secondary N) is 1. The average Bonchev–Trinajstić information content (AvgIpc) is 2.35. The van der Waals surface area contributed by atoms with E-state index >= 15 is 0 Å². The lowest BCUT2D eigenvalue weighted by Gasteiger charge is -2.18. The van der Waals surface area contributed by atoms with E-state index < -0.39 is 24.0 Å². The van der Waals surface area contributed by atoms with E-state index in [9.17, 15) is 14.7 Å². The van der Waals surface area contributed by atoms with Crippen LogP contribution in [-0.2, 0) is 9.59 Å². The van der Waals surface area contributed by atoms with Gasteiger partial charge in [-0.3, -0.25) is 4.79 Å². The normalized spacial score (nSPS) is 13.4. The molecular formula is C13H16ClNO5. The summed E-state index contributed by atoms with van der Waals surface area (Å²) in [6.45, 7) is 2.20. The third-order valence-corrected chi connectivity index (χ3v) is 2.82. The molecule has 7 heteroatoms. The Balaban J connectivity index is 2.46. The van der Waals surface area contributed by atoms with Crippen LogP contribution in [0.3, 0.4) is 0 Å². The molecule has 0 saturated heterocycles. The van der Waals surface area contributed by atoms with Crippen molar-refractivity contribution in [2.75, 3.05) is 13.2 Å². The number of ether oxygens (including phenoxy) is 1. The van der Waals surface area contributed by atoms with Gasteiger partial charge in [-0.05, 0) is 37.6 Å². The average molecular weight is 302 g/mol. The van der Waals surface area contributed by atoms with E-state index in [2.05, 4.69) is 5.32 Å². The van der Waals surface area contributed by atoms with Crippen LogP contribution >= 0.6 is 11.6 Å². The lowest BCUT2D eigenvalue weighted by molar-refractivity contribution is -0.156. The number of hydrogen-bond donors (Lipinski definition) is 3. The van der Waals surface area contributed by atoms with E-state index in [4.69, 9.17) is 21.4 Å². The van der Waals surface area contributed by atoms with Gasteiger partial charge in [0, 0.05) is 5.02 Å². The van der Waals surface area contributed by atoms with Gasteiger partial charge in [0.05, 0.1) is 6.54 Å². The highest BCUT2D eigenvalue weighted by Gasteiger charge is 2.30. The van der Waals surface area contributed by atoms with Crippen LogP contribution in [0.15, 0.2) is 18.2 Å². The number of aryl methyl sites for hydroxylation is 1. The largest absolute Gasteiger partial charge is 0.484 e. The summed E-state index contributed by atoms with van der Waals surface area (Å²) in [5.41, 5.74) is -1.23. The second-order valence-electron chi connectivity index (χ2n) is 4.55. The van der Waals surface area contributed by atoms with E-state index in [1.165, 1.54) is 0 Å². The molecule has 0 bridgehead atoms. The zero-order valence-electron chi connectivity index (χ0n) is 11.1. The Bertz CT molecular complexity index is 515. The minimum Gasteiger partial charge on any atom is -0.484 e. The predicted molar refractivity (Wildman–Crippen MR) is 73.0 cm³/mol. The van der Waals surface area contributed by atoms with E-state index in [0.29, 0.717) is 10.8 Å². The number of aliphatic carboxylic acids is 1. The number of halogens is 1. The number of amides is 1. The molecule has 3 N–H and O–H groups in total. The second-order valence-corrected chi connectivity index (χ2v) is 4.99. The van der Waals surface area contributed by atoms with Gasteiger partial charge in [-0.1, -0.05) is 11.6 Å². The molecule has 0 heterocycles. The van der Waals surface area contributed by atoms with Crippen LogP contribution in [0.25, 0.3) is 0 Å². The molecule has 1 amide bonds. The quantitative estimate of drug-likeness (QED) is 0.728. The van der Waals surface area contributed by atoms with Gasteiger partial charge in [0.15, 0.2) is 12.2 Å². The van der Waals surface area contributed by atoms with Gasteiger partial charge in [0.1, 0.15) is 5.75 Å². The number of hydrogen-bond acceptors (Lipinski definition) is 4. The maximum Gasteiger partial charge on any atom is 0.337 e. The number of aliphatic hydroxyl groups is 1. The third-order valence-electron chi connectivity index (χ3n) is 2.59. The summed E-state index contributed by atoms with van der Waals surface area (Å²) in [5.74, 6) is -1.43. The second kappa shape index (κ2) is 6.58. The van der Waals surface area contributed by atoms with Crippen LogP contribution in [0.5, 0.6) is 5.75 Å².